The van der Waals surface area contributed by atoms with Gasteiger partial charge in [-0.25, -0.2) is 13.8 Å². The predicted molar refractivity (Wildman–Crippen MR) is 103 cm³/mol. The number of alkyl halides is 2. The van der Waals surface area contributed by atoms with Gasteiger partial charge in [-0.1, -0.05) is 13.0 Å². The maximum atomic E-state index is 14.0. The van der Waals surface area contributed by atoms with Crippen LogP contribution in [-0.4, -0.2) is 16.8 Å². The van der Waals surface area contributed by atoms with Gasteiger partial charge in [0.05, 0.1) is 0 Å². The van der Waals surface area contributed by atoms with Crippen LogP contribution in [0.1, 0.15) is 41.8 Å². The number of amides is 2. The first-order valence-electron chi connectivity index (χ1n) is 7.91. The van der Waals surface area contributed by atoms with E-state index in [-0.39, 0.29) is 35.8 Å². The van der Waals surface area contributed by atoms with E-state index < -0.39 is 15.4 Å². The Bertz CT molecular complexity index is 822. The zero-order chi connectivity index (χ0) is 19.3. The Balaban J connectivity index is 2.09. The number of rotatable bonds is 6. The smallest absolute Gasteiger partial charge is 0.251 e. The quantitative estimate of drug-likeness (QED) is 0.491. The van der Waals surface area contributed by atoms with E-state index in [9.17, 15) is 18.4 Å². The van der Waals surface area contributed by atoms with E-state index >= 15 is 0 Å². The first-order chi connectivity index (χ1) is 12.2. The number of carbonyl (C=O) groups is 2. The highest BCUT2D eigenvalue weighted by molar-refractivity contribution is 14.1. The Morgan fingerprint density at radius 1 is 1.27 bits per heavy atom. The molecule has 0 saturated heterocycles. The number of halogens is 3. The third-order valence-electron chi connectivity index (χ3n) is 3.60. The fourth-order valence-corrected chi connectivity index (χ4v) is 2.47. The van der Waals surface area contributed by atoms with Gasteiger partial charge in [0.2, 0.25) is 5.91 Å². The lowest BCUT2D eigenvalue weighted by Gasteiger charge is -2.15. The summed E-state index contributed by atoms with van der Waals surface area (Å²) in [5, 5.41) is 5.15. The van der Waals surface area contributed by atoms with Gasteiger partial charge in [-0.15, -0.1) is 0 Å². The minimum atomic E-state index is -1.64. The van der Waals surface area contributed by atoms with E-state index in [2.05, 4.69) is 15.6 Å². The van der Waals surface area contributed by atoms with Crippen LogP contribution in [0, 0.1) is 5.82 Å². The molecule has 0 aliphatic heterocycles. The average Bonchev–Trinajstić information content (AvgIpc) is 2.59. The molecule has 2 aromatic rings. The SMILES string of the molecule is CCC(=O)Nc1cc(C(=O)NCc2cc(C(C)(F)I)ccc2F)ccn1. The molecule has 0 bridgehead atoms. The molecular weight excluding hydrogens is 455 g/mol. The molecule has 26 heavy (non-hydrogen) atoms. The lowest BCUT2D eigenvalue weighted by Crippen LogP contribution is -2.24. The fraction of sp³-hybridized carbons (Fsp3) is 0.278. The number of carbonyl (C=O) groups excluding carboxylic acids is 2. The summed E-state index contributed by atoms with van der Waals surface area (Å²) in [6.45, 7) is 2.98. The van der Waals surface area contributed by atoms with Crippen molar-refractivity contribution in [2.45, 2.75) is 30.5 Å². The van der Waals surface area contributed by atoms with Crippen LogP contribution in [0.4, 0.5) is 14.6 Å². The van der Waals surface area contributed by atoms with Crippen LogP contribution in [0.3, 0.4) is 0 Å². The van der Waals surface area contributed by atoms with Gasteiger partial charge in [-0.2, -0.15) is 0 Å². The molecule has 1 heterocycles. The zero-order valence-corrected chi connectivity index (χ0v) is 16.4. The molecule has 0 radical (unpaired) electrons. The van der Waals surface area contributed by atoms with Crippen molar-refractivity contribution in [1.82, 2.24) is 10.3 Å². The molecule has 1 unspecified atom stereocenters. The summed E-state index contributed by atoms with van der Waals surface area (Å²) in [5.41, 5.74) is 0.773. The highest BCUT2D eigenvalue weighted by Crippen LogP contribution is 2.33. The van der Waals surface area contributed by atoms with Crippen molar-refractivity contribution in [3.8, 4) is 0 Å². The second kappa shape index (κ2) is 8.52. The van der Waals surface area contributed by atoms with Gasteiger partial charge in [0.25, 0.3) is 5.91 Å². The van der Waals surface area contributed by atoms with Crippen molar-refractivity contribution >= 4 is 40.2 Å². The number of hydrogen-bond donors (Lipinski definition) is 2. The van der Waals surface area contributed by atoms with Gasteiger partial charge in [0.15, 0.2) is 3.68 Å². The molecule has 8 heteroatoms. The number of nitrogens with one attached hydrogen (secondary N) is 2. The Hall–Kier alpha value is -2.10. The molecule has 5 nitrogen and oxygen atoms in total. The predicted octanol–water partition coefficient (Wildman–Crippen LogP) is 4.08. The van der Waals surface area contributed by atoms with Gasteiger partial charge in [-0.05, 0) is 59.3 Å². The van der Waals surface area contributed by atoms with Gasteiger partial charge >= 0.3 is 0 Å². The molecule has 0 spiro atoms. The standard InChI is InChI=1S/C18H18F2IN3O2/c1-3-16(25)24-15-9-11(6-7-22-15)17(26)23-10-12-8-13(18(2,20)21)4-5-14(12)19/h4-9H,3,10H2,1-2H3,(H,23,26)(H,22,24,25). The van der Waals surface area contributed by atoms with E-state index in [1.165, 1.54) is 43.5 Å². The van der Waals surface area contributed by atoms with Crippen LogP contribution in [0.5, 0.6) is 0 Å². The Morgan fingerprint density at radius 2 is 2.00 bits per heavy atom. The van der Waals surface area contributed by atoms with Crippen molar-refractivity contribution in [2.24, 2.45) is 0 Å². The average molecular weight is 473 g/mol. The summed E-state index contributed by atoms with van der Waals surface area (Å²) in [6.07, 6.45) is 1.68. The third kappa shape index (κ3) is 5.45. The number of anilines is 1. The topological polar surface area (TPSA) is 71.1 Å². The first-order valence-corrected chi connectivity index (χ1v) is 8.99. The van der Waals surface area contributed by atoms with Gasteiger partial charge in [-0.3, -0.25) is 9.59 Å². The van der Waals surface area contributed by atoms with E-state index in [4.69, 9.17) is 0 Å². The van der Waals surface area contributed by atoms with Crippen LogP contribution in [0.2, 0.25) is 0 Å². The van der Waals surface area contributed by atoms with E-state index in [0.717, 1.165) is 0 Å². The Morgan fingerprint density at radius 3 is 2.65 bits per heavy atom. The molecule has 138 valence electrons. The molecule has 0 aliphatic rings. The van der Waals surface area contributed by atoms with Gasteiger partial charge < -0.3 is 10.6 Å². The zero-order valence-electron chi connectivity index (χ0n) is 14.3. The molecule has 0 aliphatic carbocycles. The molecule has 0 saturated carbocycles. The first kappa shape index (κ1) is 20.2. The van der Waals surface area contributed by atoms with Gasteiger partial charge in [0.1, 0.15) is 11.6 Å². The number of nitrogens with zero attached hydrogens (tertiary/aromatic N) is 1. The number of aromatic nitrogens is 1. The molecule has 2 N–H and O–H groups in total. The molecule has 1 aromatic heterocycles. The maximum absolute atomic E-state index is 14.0. The van der Waals surface area contributed by atoms with E-state index in [1.54, 1.807) is 29.5 Å². The monoisotopic (exact) mass is 473 g/mol. The van der Waals surface area contributed by atoms with Crippen molar-refractivity contribution in [3.63, 3.8) is 0 Å². The van der Waals surface area contributed by atoms with Crippen molar-refractivity contribution < 1.29 is 18.4 Å². The summed E-state index contributed by atoms with van der Waals surface area (Å²) < 4.78 is 26.3. The van der Waals surface area contributed by atoms with Gasteiger partial charge in [0, 0.05) is 30.3 Å². The Kier molecular flexibility index (Phi) is 6.63. The lowest BCUT2D eigenvalue weighted by molar-refractivity contribution is -0.115. The highest BCUT2D eigenvalue weighted by Gasteiger charge is 2.22. The summed E-state index contributed by atoms with van der Waals surface area (Å²) in [5.74, 6) is -0.945. The normalized spacial score (nSPS) is 13.0. The molecule has 1 atom stereocenters. The summed E-state index contributed by atoms with van der Waals surface area (Å²) in [4.78, 5) is 27.6. The van der Waals surface area contributed by atoms with Crippen LogP contribution < -0.4 is 10.6 Å². The second-order valence-corrected chi connectivity index (χ2v) is 7.73. The van der Waals surface area contributed by atoms with Crippen molar-refractivity contribution in [2.75, 3.05) is 5.32 Å². The number of benzene rings is 1. The molecule has 2 amide bonds. The fourth-order valence-electron chi connectivity index (χ4n) is 2.13. The van der Waals surface area contributed by atoms with E-state index in [1.807, 2.05) is 0 Å². The summed E-state index contributed by atoms with van der Waals surface area (Å²) in [6, 6.07) is 6.85. The second-order valence-electron chi connectivity index (χ2n) is 5.71. The van der Waals surface area contributed by atoms with Crippen molar-refractivity contribution in [3.05, 3.63) is 59.0 Å². The molecular formula is C18H18F2IN3O2. The van der Waals surface area contributed by atoms with Crippen molar-refractivity contribution in [1.29, 1.82) is 0 Å². The number of pyridine rings is 1. The largest absolute Gasteiger partial charge is 0.348 e. The summed E-state index contributed by atoms with van der Waals surface area (Å²) in [7, 11) is 0. The van der Waals surface area contributed by atoms with Crippen LogP contribution in [0.15, 0.2) is 36.5 Å². The van der Waals surface area contributed by atoms with Crippen LogP contribution in [-0.2, 0) is 15.0 Å². The minimum absolute atomic E-state index is 0.0931. The highest BCUT2D eigenvalue weighted by atomic mass is 127. The number of hydrogen-bond acceptors (Lipinski definition) is 3. The Labute approximate surface area is 163 Å². The van der Waals surface area contributed by atoms with Crippen LogP contribution in [0.25, 0.3) is 0 Å². The molecule has 2 rings (SSSR count). The third-order valence-corrected chi connectivity index (χ3v) is 4.23. The lowest BCUT2D eigenvalue weighted by atomic mass is 10.1. The van der Waals surface area contributed by atoms with Crippen LogP contribution >= 0.6 is 22.6 Å². The summed E-state index contributed by atoms with van der Waals surface area (Å²) >= 11 is 1.62. The molecule has 1 aromatic carbocycles. The maximum Gasteiger partial charge on any atom is 0.251 e. The van der Waals surface area contributed by atoms with E-state index in [0.29, 0.717) is 5.56 Å². The minimum Gasteiger partial charge on any atom is -0.348 e. The molecule has 0 fully saturated rings.